The molecule has 3 atom stereocenters. The van der Waals surface area contributed by atoms with Gasteiger partial charge in [-0.1, -0.05) is 41.0 Å². The highest BCUT2D eigenvalue weighted by Gasteiger charge is 2.32. The maximum Gasteiger partial charge on any atom is 0.0692 e. The molecule has 1 aliphatic heterocycles. The molecule has 0 aromatic carbocycles. The third-order valence-electron chi connectivity index (χ3n) is 4.24. The minimum Gasteiger partial charge on any atom is -0.392 e. The Bertz CT molecular complexity index is 209. The maximum absolute atomic E-state index is 10.0. The summed E-state index contributed by atoms with van der Waals surface area (Å²) in [4.78, 5) is 2.44. The van der Waals surface area contributed by atoms with E-state index in [1.54, 1.807) is 0 Å². The molecule has 3 unspecified atom stereocenters. The lowest BCUT2D eigenvalue weighted by Gasteiger charge is -2.28. The van der Waals surface area contributed by atoms with Crippen molar-refractivity contribution in [3.8, 4) is 0 Å². The van der Waals surface area contributed by atoms with E-state index in [0.29, 0.717) is 11.3 Å². The van der Waals surface area contributed by atoms with Gasteiger partial charge in [0.15, 0.2) is 0 Å². The summed E-state index contributed by atoms with van der Waals surface area (Å²) in [6.07, 6.45) is 2.21. The molecular formula is C14H29NO. The van der Waals surface area contributed by atoms with Crippen LogP contribution in [-0.2, 0) is 0 Å². The number of hydrogen-bond acceptors (Lipinski definition) is 2. The normalized spacial score (nSPS) is 27.0. The van der Waals surface area contributed by atoms with Crippen molar-refractivity contribution in [3.05, 3.63) is 0 Å². The molecule has 16 heavy (non-hydrogen) atoms. The highest BCUT2D eigenvalue weighted by atomic mass is 16.3. The van der Waals surface area contributed by atoms with Crippen LogP contribution in [0.2, 0.25) is 0 Å². The van der Waals surface area contributed by atoms with Gasteiger partial charge in [-0.05, 0) is 30.2 Å². The van der Waals surface area contributed by atoms with Crippen LogP contribution in [0.5, 0.6) is 0 Å². The van der Waals surface area contributed by atoms with Gasteiger partial charge < -0.3 is 10.0 Å². The summed E-state index contributed by atoms with van der Waals surface area (Å²) in [5.74, 6) is 1.21. The number of hydrogen-bond donors (Lipinski definition) is 1. The smallest absolute Gasteiger partial charge is 0.0692 e. The van der Waals surface area contributed by atoms with Crippen molar-refractivity contribution in [2.24, 2.45) is 17.3 Å². The van der Waals surface area contributed by atoms with Crippen LogP contribution in [0.3, 0.4) is 0 Å². The van der Waals surface area contributed by atoms with Gasteiger partial charge in [-0.2, -0.15) is 0 Å². The third kappa shape index (κ3) is 3.74. The fourth-order valence-electron chi connectivity index (χ4n) is 2.42. The van der Waals surface area contributed by atoms with Gasteiger partial charge in [0, 0.05) is 13.1 Å². The van der Waals surface area contributed by atoms with Crippen LogP contribution in [0.25, 0.3) is 0 Å². The first-order chi connectivity index (χ1) is 7.34. The van der Waals surface area contributed by atoms with Crippen molar-refractivity contribution >= 4 is 0 Å². The quantitative estimate of drug-likeness (QED) is 0.798. The predicted octanol–water partition coefficient (Wildman–Crippen LogP) is 2.76. The van der Waals surface area contributed by atoms with Gasteiger partial charge in [-0.25, -0.2) is 0 Å². The van der Waals surface area contributed by atoms with Crippen LogP contribution in [0.15, 0.2) is 0 Å². The summed E-state index contributed by atoms with van der Waals surface area (Å²) in [7, 11) is 0. The minimum atomic E-state index is -0.149. The van der Waals surface area contributed by atoms with Gasteiger partial charge in [0.25, 0.3) is 0 Å². The van der Waals surface area contributed by atoms with Gasteiger partial charge in [0.2, 0.25) is 0 Å². The molecule has 0 amide bonds. The van der Waals surface area contributed by atoms with E-state index in [-0.39, 0.29) is 6.10 Å². The summed E-state index contributed by atoms with van der Waals surface area (Å²) in [5.41, 5.74) is 0.413. The Morgan fingerprint density at radius 3 is 2.44 bits per heavy atom. The summed E-state index contributed by atoms with van der Waals surface area (Å²) >= 11 is 0. The first-order valence-electron chi connectivity index (χ1n) is 6.75. The Balaban J connectivity index is 2.37. The molecule has 0 aliphatic carbocycles. The Morgan fingerprint density at radius 1 is 1.38 bits per heavy atom. The molecule has 2 nitrogen and oxygen atoms in total. The fraction of sp³-hybridized carbons (Fsp3) is 1.00. The van der Waals surface area contributed by atoms with Crippen LogP contribution >= 0.6 is 0 Å². The lowest BCUT2D eigenvalue weighted by Crippen LogP contribution is -2.35. The van der Waals surface area contributed by atoms with E-state index in [1.165, 1.54) is 6.42 Å². The van der Waals surface area contributed by atoms with E-state index in [4.69, 9.17) is 0 Å². The second-order valence-electron chi connectivity index (χ2n) is 6.56. The SMILES string of the molecule is CCC(C)C(O)CN1CCC(C(C)(C)C)C1. The Kier molecular flexibility index (Phi) is 4.81. The predicted molar refractivity (Wildman–Crippen MR) is 69.5 cm³/mol. The molecule has 1 heterocycles. The summed E-state index contributed by atoms with van der Waals surface area (Å²) < 4.78 is 0. The molecule has 0 bridgehead atoms. The Morgan fingerprint density at radius 2 is 2.00 bits per heavy atom. The Hall–Kier alpha value is -0.0800. The molecule has 0 spiro atoms. The van der Waals surface area contributed by atoms with Gasteiger partial charge in [0.05, 0.1) is 6.10 Å². The highest BCUT2D eigenvalue weighted by molar-refractivity contribution is 4.85. The van der Waals surface area contributed by atoms with Crippen molar-refractivity contribution in [1.29, 1.82) is 0 Å². The Labute approximate surface area is 101 Å². The number of nitrogens with zero attached hydrogens (tertiary/aromatic N) is 1. The number of rotatable bonds is 4. The first-order valence-corrected chi connectivity index (χ1v) is 6.75. The zero-order chi connectivity index (χ0) is 12.3. The molecule has 0 saturated carbocycles. The van der Waals surface area contributed by atoms with Crippen molar-refractivity contribution < 1.29 is 5.11 Å². The van der Waals surface area contributed by atoms with Crippen LogP contribution in [0, 0.1) is 17.3 Å². The van der Waals surface area contributed by atoms with Gasteiger partial charge in [-0.3, -0.25) is 0 Å². The lowest BCUT2D eigenvalue weighted by atomic mass is 9.80. The molecule has 0 radical (unpaired) electrons. The number of likely N-dealkylation sites (tertiary alicyclic amines) is 1. The van der Waals surface area contributed by atoms with E-state index in [0.717, 1.165) is 32.0 Å². The lowest BCUT2D eigenvalue weighted by molar-refractivity contribution is 0.0732. The maximum atomic E-state index is 10.0. The molecule has 0 aromatic rings. The van der Waals surface area contributed by atoms with Crippen molar-refractivity contribution in [2.75, 3.05) is 19.6 Å². The molecule has 2 heteroatoms. The number of aliphatic hydroxyl groups is 1. The third-order valence-corrected chi connectivity index (χ3v) is 4.24. The molecule has 1 rings (SSSR count). The summed E-state index contributed by atoms with van der Waals surface area (Å²) in [6.45, 7) is 14.5. The summed E-state index contributed by atoms with van der Waals surface area (Å²) in [5, 5.41) is 10.0. The first kappa shape index (κ1) is 14.0. The summed E-state index contributed by atoms with van der Waals surface area (Å²) in [6, 6.07) is 0. The van der Waals surface area contributed by atoms with E-state index >= 15 is 0 Å². The molecule has 96 valence electrons. The zero-order valence-corrected chi connectivity index (χ0v) is 11.7. The minimum absolute atomic E-state index is 0.149. The monoisotopic (exact) mass is 227 g/mol. The average Bonchev–Trinajstić information content (AvgIpc) is 2.64. The van der Waals surface area contributed by atoms with E-state index in [2.05, 4.69) is 39.5 Å². The molecule has 1 fully saturated rings. The van der Waals surface area contributed by atoms with E-state index in [1.807, 2.05) is 0 Å². The van der Waals surface area contributed by atoms with Crippen LogP contribution < -0.4 is 0 Å². The number of aliphatic hydroxyl groups excluding tert-OH is 1. The zero-order valence-electron chi connectivity index (χ0n) is 11.7. The van der Waals surface area contributed by atoms with Crippen LogP contribution in [0.1, 0.15) is 47.5 Å². The largest absolute Gasteiger partial charge is 0.392 e. The molecule has 1 N–H and O–H groups in total. The van der Waals surface area contributed by atoms with Gasteiger partial charge in [0.1, 0.15) is 0 Å². The fourth-order valence-corrected chi connectivity index (χ4v) is 2.42. The van der Waals surface area contributed by atoms with Gasteiger partial charge >= 0.3 is 0 Å². The van der Waals surface area contributed by atoms with Crippen molar-refractivity contribution in [2.45, 2.75) is 53.6 Å². The van der Waals surface area contributed by atoms with Gasteiger partial charge in [-0.15, -0.1) is 0 Å². The molecular weight excluding hydrogens is 198 g/mol. The average molecular weight is 227 g/mol. The molecule has 0 aromatic heterocycles. The molecule has 1 saturated heterocycles. The highest BCUT2D eigenvalue weighted by Crippen LogP contribution is 2.33. The molecule has 1 aliphatic rings. The van der Waals surface area contributed by atoms with E-state index < -0.39 is 0 Å². The van der Waals surface area contributed by atoms with Crippen LogP contribution in [-0.4, -0.2) is 35.7 Å². The second-order valence-corrected chi connectivity index (χ2v) is 6.56. The van der Waals surface area contributed by atoms with Crippen molar-refractivity contribution in [1.82, 2.24) is 4.90 Å². The topological polar surface area (TPSA) is 23.5 Å². The number of β-amino-alcohol motifs (C(OH)–C–C–N with tert-alkyl or cyclic N) is 1. The van der Waals surface area contributed by atoms with E-state index in [9.17, 15) is 5.11 Å². The second kappa shape index (κ2) is 5.50. The van der Waals surface area contributed by atoms with Crippen molar-refractivity contribution in [3.63, 3.8) is 0 Å². The van der Waals surface area contributed by atoms with Crippen LogP contribution in [0.4, 0.5) is 0 Å². The standard InChI is InChI=1S/C14H29NO/c1-6-11(2)13(16)10-15-8-7-12(9-15)14(3,4)5/h11-13,16H,6-10H2,1-5H3.